The van der Waals surface area contributed by atoms with Gasteiger partial charge in [-0.05, 0) is 23.3 Å². The number of carbonyl (C=O) groups is 1. The monoisotopic (exact) mass is 278 g/mol. The van der Waals surface area contributed by atoms with Crippen LogP contribution >= 0.6 is 0 Å². The molecule has 1 aromatic rings. The Morgan fingerprint density at radius 1 is 1.05 bits per heavy atom. The first kappa shape index (κ1) is 16.5. The van der Waals surface area contributed by atoms with Gasteiger partial charge in [-0.3, -0.25) is 4.79 Å². The predicted octanol–water partition coefficient (Wildman–Crippen LogP) is 4.18. The second-order valence-corrected chi connectivity index (χ2v) is 7.49. The summed E-state index contributed by atoms with van der Waals surface area (Å²) < 4.78 is 0. The minimum atomic E-state index is -0.927. The SMILES string of the molecule is CC(C(=O)O)c1ccc(C(C)(C)C)c(C(C)(C)C)c1O. The molecular weight excluding hydrogens is 252 g/mol. The summed E-state index contributed by atoms with van der Waals surface area (Å²) in [4.78, 5) is 11.2. The molecule has 0 spiro atoms. The molecule has 1 unspecified atom stereocenters. The zero-order valence-electron chi connectivity index (χ0n) is 13.5. The standard InChI is InChI=1S/C17H26O3/c1-10(15(19)20)11-8-9-12(16(2,3)4)13(14(11)18)17(5,6)7/h8-10,18H,1-7H3,(H,19,20). The quantitative estimate of drug-likeness (QED) is 0.853. The molecule has 1 atom stereocenters. The zero-order chi connectivity index (χ0) is 15.9. The van der Waals surface area contributed by atoms with Crippen molar-refractivity contribution in [1.29, 1.82) is 0 Å². The Balaban J connectivity index is 3.65. The van der Waals surface area contributed by atoms with Crippen molar-refractivity contribution in [2.75, 3.05) is 0 Å². The number of aromatic hydroxyl groups is 1. The van der Waals surface area contributed by atoms with E-state index in [9.17, 15) is 15.0 Å². The second kappa shape index (κ2) is 5.12. The number of aliphatic carboxylic acids is 1. The lowest BCUT2D eigenvalue weighted by molar-refractivity contribution is -0.138. The lowest BCUT2D eigenvalue weighted by Crippen LogP contribution is -2.23. The van der Waals surface area contributed by atoms with Crippen molar-refractivity contribution >= 4 is 5.97 Å². The van der Waals surface area contributed by atoms with E-state index in [0.29, 0.717) is 5.56 Å². The average molecular weight is 278 g/mol. The van der Waals surface area contributed by atoms with Crippen LogP contribution < -0.4 is 0 Å². The van der Waals surface area contributed by atoms with E-state index in [1.165, 1.54) is 0 Å². The van der Waals surface area contributed by atoms with Crippen molar-refractivity contribution < 1.29 is 15.0 Å². The van der Waals surface area contributed by atoms with Gasteiger partial charge in [-0.15, -0.1) is 0 Å². The van der Waals surface area contributed by atoms with Gasteiger partial charge in [-0.1, -0.05) is 53.7 Å². The maximum atomic E-state index is 11.2. The molecule has 1 rings (SSSR count). The van der Waals surface area contributed by atoms with Crippen LogP contribution in [0.15, 0.2) is 12.1 Å². The van der Waals surface area contributed by atoms with Gasteiger partial charge in [-0.2, -0.15) is 0 Å². The van der Waals surface area contributed by atoms with Gasteiger partial charge < -0.3 is 10.2 Å². The van der Waals surface area contributed by atoms with Gasteiger partial charge in [0, 0.05) is 11.1 Å². The Hall–Kier alpha value is -1.51. The molecule has 0 aliphatic rings. The lowest BCUT2D eigenvalue weighted by atomic mass is 9.73. The van der Waals surface area contributed by atoms with E-state index in [0.717, 1.165) is 11.1 Å². The van der Waals surface area contributed by atoms with Crippen molar-refractivity contribution in [2.24, 2.45) is 0 Å². The number of hydrogen-bond donors (Lipinski definition) is 2. The normalized spacial score (nSPS) is 14.2. The third-order valence-electron chi connectivity index (χ3n) is 3.60. The third kappa shape index (κ3) is 3.14. The molecule has 3 nitrogen and oxygen atoms in total. The number of carboxylic acid groups (broad SMARTS) is 1. The van der Waals surface area contributed by atoms with E-state index < -0.39 is 11.9 Å². The highest BCUT2D eigenvalue weighted by atomic mass is 16.4. The summed E-state index contributed by atoms with van der Waals surface area (Å²) in [6.07, 6.45) is 0. The largest absolute Gasteiger partial charge is 0.507 e. The van der Waals surface area contributed by atoms with Crippen LogP contribution in [0.1, 0.15) is 71.1 Å². The highest BCUT2D eigenvalue weighted by Crippen LogP contribution is 2.42. The molecule has 112 valence electrons. The van der Waals surface area contributed by atoms with Crippen LogP contribution in [0.2, 0.25) is 0 Å². The molecule has 0 bridgehead atoms. The summed E-state index contributed by atoms with van der Waals surface area (Å²) in [5.74, 6) is -1.52. The smallest absolute Gasteiger partial charge is 0.310 e. The molecule has 0 amide bonds. The fraction of sp³-hybridized carbons (Fsp3) is 0.588. The van der Waals surface area contributed by atoms with Crippen LogP contribution in [0, 0.1) is 0 Å². The van der Waals surface area contributed by atoms with Crippen molar-refractivity contribution in [1.82, 2.24) is 0 Å². The van der Waals surface area contributed by atoms with E-state index in [4.69, 9.17) is 0 Å². The molecule has 1 aromatic carbocycles. The number of benzene rings is 1. The summed E-state index contributed by atoms with van der Waals surface area (Å²) in [5, 5.41) is 19.8. The van der Waals surface area contributed by atoms with Gasteiger partial charge in [0.15, 0.2) is 0 Å². The predicted molar refractivity (Wildman–Crippen MR) is 81.6 cm³/mol. The first-order chi connectivity index (χ1) is 8.87. The van der Waals surface area contributed by atoms with Crippen LogP contribution in [0.4, 0.5) is 0 Å². The van der Waals surface area contributed by atoms with Crippen LogP contribution in [-0.2, 0) is 15.6 Å². The van der Waals surface area contributed by atoms with Gasteiger partial charge in [-0.25, -0.2) is 0 Å². The molecule has 0 aliphatic carbocycles. The van der Waals surface area contributed by atoms with Crippen LogP contribution in [0.5, 0.6) is 5.75 Å². The number of phenols is 1. The fourth-order valence-electron chi connectivity index (χ4n) is 2.47. The minimum absolute atomic E-state index is 0.106. The zero-order valence-corrected chi connectivity index (χ0v) is 13.5. The first-order valence-corrected chi connectivity index (χ1v) is 6.97. The van der Waals surface area contributed by atoms with E-state index >= 15 is 0 Å². The summed E-state index contributed by atoms with van der Waals surface area (Å²) in [5.41, 5.74) is 2.03. The molecule has 0 aliphatic heterocycles. The molecule has 20 heavy (non-hydrogen) atoms. The molecule has 2 N–H and O–H groups in total. The molecule has 0 saturated heterocycles. The van der Waals surface area contributed by atoms with Gasteiger partial charge >= 0.3 is 5.97 Å². The second-order valence-electron chi connectivity index (χ2n) is 7.49. The van der Waals surface area contributed by atoms with Gasteiger partial charge in [0.25, 0.3) is 0 Å². The minimum Gasteiger partial charge on any atom is -0.507 e. The number of rotatable bonds is 2. The molecule has 0 saturated carbocycles. The maximum absolute atomic E-state index is 11.2. The number of phenolic OH excluding ortho intramolecular Hbond substituents is 1. The van der Waals surface area contributed by atoms with Crippen LogP contribution in [0.25, 0.3) is 0 Å². The Kier molecular flexibility index (Phi) is 4.23. The molecule has 0 fully saturated rings. The molecule has 0 heterocycles. The van der Waals surface area contributed by atoms with E-state index in [-0.39, 0.29) is 16.6 Å². The molecule has 0 aromatic heterocycles. The van der Waals surface area contributed by atoms with Crippen molar-refractivity contribution in [3.63, 3.8) is 0 Å². The molecule has 3 heteroatoms. The molecular formula is C17H26O3. The fourth-order valence-corrected chi connectivity index (χ4v) is 2.47. The highest BCUT2D eigenvalue weighted by Gasteiger charge is 2.31. The van der Waals surface area contributed by atoms with Crippen LogP contribution in [-0.4, -0.2) is 16.2 Å². The van der Waals surface area contributed by atoms with E-state index in [1.807, 2.05) is 26.8 Å². The number of hydrogen-bond acceptors (Lipinski definition) is 2. The highest BCUT2D eigenvalue weighted by molar-refractivity contribution is 5.77. The van der Waals surface area contributed by atoms with Crippen molar-refractivity contribution in [3.8, 4) is 5.75 Å². The topological polar surface area (TPSA) is 57.5 Å². The maximum Gasteiger partial charge on any atom is 0.310 e. The van der Waals surface area contributed by atoms with Crippen LogP contribution in [0.3, 0.4) is 0 Å². The Morgan fingerprint density at radius 3 is 1.90 bits per heavy atom. The third-order valence-corrected chi connectivity index (χ3v) is 3.60. The van der Waals surface area contributed by atoms with Crippen molar-refractivity contribution in [3.05, 3.63) is 28.8 Å². The Bertz CT molecular complexity index is 516. The summed E-state index contributed by atoms with van der Waals surface area (Å²) >= 11 is 0. The summed E-state index contributed by atoms with van der Waals surface area (Å²) in [6, 6.07) is 3.69. The van der Waals surface area contributed by atoms with E-state index in [2.05, 4.69) is 20.8 Å². The van der Waals surface area contributed by atoms with Gasteiger partial charge in [0.05, 0.1) is 5.92 Å². The van der Waals surface area contributed by atoms with E-state index in [1.54, 1.807) is 13.0 Å². The van der Waals surface area contributed by atoms with Gasteiger partial charge in [0.2, 0.25) is 0 Å². The summed E-state index contributed by atoms with van der Waals surface area (Å²) in [7, 11) is 0. The van der Waals surface area contributed by atoms with Crippen molar-refractivity contribution in [2.45, 2.75) is 65.2 Å². The Morgan fingerprint density at radius 2 is 1.55 bits per heavy atom. The average Bonchev–Trinajstić information content (AvgIpc) is 2.24. The summed E-state index contributed by atoms with van der Waals surface area (Å²) in [6.45, 7) is 14.0. The molecule has 0 radical (unpaired) electrons. The van der Waals surface area contributed by atoms with Gasteiger partial charge in [0.1, 0.15) is 5.75 Å². The first-order valence-electron chi connectivity index (χ1n) is 6.97. The lowest BCUT2D eigenvalue weighted by Gasteiger charge is -2.32. The number of carboxylic acids is 1. The Labute approximate surface area is 121 Å².